The number of hydrogen-bond acceptors (Lipinski definition) is 6. The van der Waals surface area contributed by atoms with Crippen LogP contribution in [0, 0.1) is 6.92 Å². The highest BCUT2D eigenvalue weighted by Crippen LogP contribution is 2.30. The standard InChI is InChI=1S/C19H15N3O2S/c1-11-8-16(20)22-19(21-11)25-10-13-9-17(23)24-15-7-6-12-4-2-3-5-14(12)18(13)15/h2-9H,10H2,1H3,(H2,20,21,22). The molecule has 4 aromatic rings. The molecule has 0 fully saturated rings. The minimum atomic E-state index is -0.358. The summed E-state index contributed by atoms with van der Waals surface area (Å²) in [6, 6.07) is 15.1. The van der Waals surface area contributed by atoms with Gasteiger partial charge in [0.25, 0.3) is 0 Å². The molecule has 6 heteroatoms. The summed E-state index contributed by atoms with van der Waals surface area (Å²) in [6.07, 6.45) is 0. The highest BCUT2D eigenvalue weighted by atomic mass is 32.2. The lowest BCUT2D eigenvalue weighted by Crippen LogP contribution is -2.01. The van der Waals surface area contributed by atoms with Gasteiger partial charge in [-0.1, -0.05) is 42.1 Å². The maximum Gasteiger partial charge on any atom is 0.336 e. The first-order valence-electron chi connectivity index (χ1n) is 7.78. The van der Waals surface area contributed by atoms with Crippen molar-refractivity contribution in [3.05, 3.63) is 70.2 Å². The van der Waals surface area contributed by atoms with E-state index in [1.165, 1.54) is 11.8 Å². The Balaban J connectivity index is 1.83. The molecule has 4 rings (SSSR count). The number of fused-ring (bicyclic) bond motifs is 3. The second-order valence-corrected chi connectivity index (χ2v) is 6.70. The fraction of sp³-hybridized carbons (Fsp3) is 0.105. The van der Waals surface area contributed by atoms with Crippen LogP contribution in [0.25, 0.3) is 21.7 Å². The van der Waals surface area contributed by atoms with E-state index in [1.807, 2.05) is 43.3 Å². The fourth-order valence-corrected chi connectivity index (χ4v) is 3.80. The highest BCUT2D eigenvalue weighted by molar-refractivity contribution is 7.98. The molecule has 2 aromatic heterocycles. The van der Waals surface area contributed by atoms with E-state index >= 15 is 0 Å². The van der Waals surface area contributed by atoms with E-state index in [1.54, 1.807) is 12.1 Å². The number of rotatable bonds is 3. The number of benzene rings is 2. The van der Waals surface area contributed by atoms with Crippen molar-refractivity contribution in [1.82, 2.24) is 9.97 Å². The zero-order chi connectivity index (χ0) is 17.4. The first kappa shape index (κ1) is 15.7. The van der Waals surface area contributed by atoms with Gasteiger partial charge in [-0.15, -0.1) is 0 Å². The van der Waals surface area contributed by atoms with Crippen molar-refractivity contribution in [3.63, 3.8) is 0 Å². The van der Waals surface area contributed by atoms with Crippen molar-refractivity contribution in [2.45, 2.75) is 17.8 Å². The summed E-state index contributed by atoms with van der Waals surface area (Å²) in [5, 5.41) is 3.71. The predicted molar refractivity (Wildman–Crippen MR) is 101 cm³/mol. The SMILES string of the molecule is Cc1cc(N)nc(SCc2cc(=O)oc3ccc4ccccc4c23)n1. The molecule has 2 N–H and O–H groups in total. The Morgan fingerprint density at radius 1 is 1.12 bits per heavy atom. The Hall–Kier alpha value is -2.86. The van der Waals surface area contributed by atoms with Crippen LogP contribution in [0.1, 0.15) is 11.3 Å². The van der Waals surface area contributed by atoms with Crippen LogP contribution in [0.2, 0.25) is 0 Å². The third-order valence-electron chi connectivity index (χ3n) is 3.92. The monoisotopic (exact) mass is 349 g/mol. The van der Waals surface area contributed by atoms with E-state index in [-0.39, 0.29) is 5.63 Å². The number of hydrogen-bond donors (Lipinski definition) is 1. The Labute approximate surface area is 147 Å². The number of thioether (sulfide) groups is 1. The lowest BCUT2D eigenvalue weighted by Gasteiger charge is -2.08. The highest BCUT2D eigenvalue weighted by Gasteiger charge is 2.11. The van der Waals surface area contributed by atoms with Gasteiger partial charge in [0, 0.05) is 29.0 Å². The summed E-state index contributed by atoms with van der Waals surface area (Å²) < 4.78 is 5.38. The summed E-state index contributed by atoms with van der Waals surface area (Å²) in [5.74, 6) is 0.997. The number of nitrogen functional groups attached to an aromatic ring is 1. The molecule has 0 saturated carbocycles. The number of aryl methyl sites for hydroxylation is 1. The average Bonchev–Trinajstić information content (AvgIpc) is 2.58. The minimum absolute atomic E-state index is 0.358. The molecule has 25 heavy (non-hydrogen) atoms. The van der Waals surface area contributed by atoms with Crippen molar-refractivity contribution in [2.75, 3.05) is 5.73 Å². The molecular weight excluding hydrogens is 334 g/mol. The van der Waals surface area contributed by atoms with E-state index in [2.05, 4.69) is 9.97 Å². The van der Waals surface area contributed by atoms with Gasteiger partial charge in [0.2, 0.25) is 0 Å². The minimum Gasteiger partial charge on any atom is -0.423 e. The number of anilines is 1. The third-order valence-corrected chi connectivity index (χ3v) is 4.82. The van der Waals surface area contributed by atoms with Crippen molar-refractivity contribution in [2.24, 2.45) is 0 Å². The predicted octanol–water partition coefficient (Wildman–Crippen LogP) is 3.92. The molecule has 2 aromatic carbocycles. The molecule has 0 unspecified atom stereocenters. The Bertz CT molecular complexity index is 1130. The molecule has 0 aliphatic heterocycles. The second kappa shape index (κ2) is 6.22. The molecule has 0 atom stereocenters. The van der Waals surface area contributed by atoms with E-state index in [4.69, 9.17) is 10.2 Å². The van der Waals surface area contributed by atoms with E-state index in [0.717, 1.165) is 27.4 Å². The summed E-state index contributed by atoms with van der Waals surface area (Å²) in [7, 11) is 0. The van der Waals surface area contributed by atoms with E-state index < -0.39 is 0 Å². The third kappa shape index (κ3) is 3.08. The molecular formula is C19H15N3O2S. The van der Waals surface area contributed by atoms with Gasteiger partial charge in [-0.3, -0.25) is 0 Å². The number of aromatic nitrogens is 2. The van der Waals surface area contributed by atoms with E-state index in [0.29, 0.717) is 22.3 Å². The Kier molecular flexibility index (Phi) is 3.89. The summed E-state index contributed by atoms with van der Waals surface area (Å²) in [4.78, 5) is 20.6. The van der Waals surface area contributed by atoms with Crippen LogP contribution in [0.5, 0.6) is 0 Å². The van der Waals surface area contributed by atoms with Gasteiger partial charge in [-0.25, -0.2) is 14.8 Å². The smallest absolute Gasteiger partial charge is 0.336 e. The molecule has 0 saturated heterocycles. The van der Waals surface area contributed by atoms with Crippen LogP contribution < -0.4 is 11.4 Å². The lowest BCUT2D eigenvalue weighted by atomic mass is 10.0. The van der Waals surface area contributed by atoms with Crippen LogP contribution in [0.3, 0.4) is 0 Å². The van der Waals surface area contributed by atoms with Gasteiger partial charge >= 0.3 is 5.63 Å². The zero-order valence-corrected chi connectivity index (χ0v) is 14.3. The molecule has 0 bridgehead atoms. The first-order valence-corrected chi connectivity index (χ1v) is 8.77. The van der Waals surface area contributed by atoms with Crippen LogP contribution in [0.4, 0.5) is 5.82 Å². The molecule has 0 amide bonds. The van der Waals surface area contributed by atoms with Gasteiger partial charge < -0.3 is 10.2 Å². The molecule has 124 valence electrons. The van der Waals surface area contributed by atoms with Crippen LogP contribution in [-0.2, 0) is 5.75 Å². The maximum atomic E-state index is 11.9. The van der Waals surface area contributed by atoms with Gasteiger partial charge in [-0.05, 0) is 29.3 Å². The second-order valence-electron chi connectivity index (χ2n) is 5.76. The van der Waals surface area contributed by atoms with Crippen LogP contribution in [-0.4, -0.2) is 9.97 Å². The van der Waals surface area contributed by atoms with Gasteiger partial charge in [0.05, 0.1) is 0 Å². The normalized spacial score (nSPS) is 11.2. The molecule has 0 aliphatic rings. The van der Waals surface area contributed by atoms with Crippen LogP contribution >= 0.6 is 11.8 Å². The quantitative estimate of drug-likeness (QED) is 0.261. The van der Waals surface area contributed by atoms with Gasteiger partial charge in [0.1, 0.15) is 11.4 Å². The Morgan fingerprint density at radius 2 is 1.96 bits per heavy atom. The van der Waals surface area contributed by atoms with Crippen molar-refractivity contribution >= 4 is 39.3 Å². The van der Waals surface area contributed by atoms with Crippen molar-refractivity contribution < 1.29 is 4.42 Å². The van der Waals surface area contributed by atoms with Gasteiger partial charge in [-0.2, -0.15) is 0 Å². The van der Waals surface area contributed by atoms with Gasteiger partial charge in [0.15, 0.2) is 5.16 Å². The van der Waals surface area contributed by atoms with E-state index in [9.17, 15) is 4.79 Å². The number of nitrogens with zero attached hydrogens (tertiary/aromatic N) is 2. The van der Waals surface area contributed by atoms with Crippen molar-refractivity contribution in [1.29, 1.82) is 0 Å². The summed E-state index contributed by atoms with van der Waals surface area (Å²) in [5.41, 5.74) is 7.74. The molecule has 5 nitrogen and oxygen atoms in total. The molecule has 0 aliphatic carbocycles. The first-order chi connectivity index (χ1) is 12.1. The topological polar surface area (TPSA) is 82.0 Å². The maximum absolute atomic E-state index is 11.9. The van der Waals surface area contributed by atoms with Crippen LogP contribution in [0.15, 0.2) is 62.9 Å². The Morgan fingerprint density at radius 3 is 2.80 bits per heavy atom. The molecule has 2 heterocycles. The summed E-state index contributed by atoms with van der Waals surface area (Å²) in [6.45, 7) is 1.88. The number of nitrogens with two attached hydrogens (primary N) is 1. The zero-order valence-electron chi connectivity index (χ0n) is 13.5. The molecule has 0 radical (unpaired) electrons. The van der Waals surface area contributed by atoms with Crippen molar-refractivity contribution in [3.8, 4) is 0 Å². The summed E-state index contributed by atoms with van der Waals surface area (Å²) >= 11 is 1.45. The molecule has 0 spiro atoms. The largest absolute Gasteiger partial charge is 0.423 e. The average molecular weight is 349 g/mol. The fourth-order valence-electron chi connectivity index (χ4n) is 2.91. The lowest BCUT2D eigenvalue weighted by molar-refractivity contribution is 0.560.